The van der Waals surface area contributed by atoms with Crippen LogP contribution in [-0.2, 0) is 11.3 Å². The summed E-state index contributed by atoms with van der Waals surface area (Å²) in [5.41, 5.74) is 1.14. The third kappa shape index (κ3) is 2.50. The molecule has 6 heteroatoms. The predicted octanol–water partition coefficient (Wildman–Crippen LogP) is 1.35. The van der Waals surface area contributed by atoms with Crippen LogP contribution in [0.1, 0.15) is 5.69 Å². The molecule has 0 amide bonds. The van der Waals surface area contributed by atoms with Crippen molar-refractivity contribution in [2.45, 2.75) is 6.61 Å². The number of H-pyrrole nitrogens is 1. The Balaban J connectivity index is 2.02. The number of benzene rings is 1. The highest BCUT2D eigenvalue weighted by atomic mass is 16.6. The second kappa shape index (κ2) is 5.34. The number of hydrogen-bond acceptors (Lipinski definition) is 5. The van der Waals surface area contributed by atoms with Crippen molar-refractivity contribution < 1.29 is 14.2 Å². The average molecular weight is 274 g/mol. The van der Waals surface area contributed by atoms with Crippen LogP contribution in [-0.4, -0.2) is 30.3 Å². The van der Waals surface area contributed by atoms with E-state index in [9.17, 15) is 4.79 Å². The zero-order valence-electron chi connectivity index (χ0n) is 11.0. The van der Waals surface area contributed by atoms with Crippen LogP contribution < -0.4 is 15.0 Å². The van der Waals surface area contributed by atoms with Gasteiger partial charge >= 0.3 is 0 Å². The largest absolute Gasteiger partial charge is 0.486 e. The van der Waals surface area contributed by atoms with Crippen LogP contribution in [0.2, 0.25) is 0 Å². The van der Waals surface area contributed by atoms with E-state index in [1.54, 1.807) is 7.11 Å². The fourth-order valence-electron chi connectivity index (χ4n) is 2.06. The summed E-state index contributed by atoms with van der Waals surface area (Å²) in [5.74, 6) is 1.85. The molecule has 104 valence electrons. The molecule has 1 aromatic carbocycles. The SMILES string of the molecule is COCc1cc(=O)[nH]c(-c2ccc3c(c2)OCCO3)n1. The van der Waals surface area contributed by atoms with Gasteiger partial charge in [-0.1, -0.05) is 0 Å². The van der Waals surface area contributed by atoms with E-state index in [1.807, 2.05) is 18.2 Å². The zero-order valence-corrected chi connectivity index (χ0v) is 11.0. The minimum atomic E-state index is -0.211. The van der Waals surface area contributed by atoms with Crippen molar-refractivity contribution in [2.24, 2.45) is 0 Å². The summed E-state index contributed by atoms with van der Waals surface area (Å²) in [5, 5.41) is 0. The number of ether oxygens (including phenoxy) is 3. The topological polar surface area (TPSA) is 73.4 Å². The van der Waals surface area contributed by atoms with E-state index < -0.39 is 0 Å². The molecule has 20 heavy (non-hydrogen) atoms. The standard InChI is InChI=1S/C14H14N2O4/c1-18-8-10-7-13(17)16-14(15-10)9-2-3-11-12(6-9)20-5-4-19-11/h2-3,6-7H,4-5,8H2,1H3,(H,15,16,17). The molecule has 3 rings (SSSR count). The summed E-state index contributed by atoms with van der Waals surface area (Å²) >= 11 is 0. The molecule has 6 nitrogen and oxygen atoms in total. The first-order valence-electron chi connectivity index (χ1n) is 6.25. The van der Waals surface area contributed by atoms with E-state index in [-0.39, 0.29) is 5.56 Å². The first kappa shape index (κ1) is 12.7. The fourth-order valence-corrected chi connectivity index (χ4v) is 2.06. The fraction of sp³-hybridized carbons (Fsp3) is 0.286. The number of aromatic amines is 1. The molecule has 2 aromatic rings. The average Bonchev–Trinajstić information content (AvgIpc) is 2.46. The number of fused-ring (bicyclic) bond motifs is 1. The second-order valence-electron chi connectivity index (χ2n) is 4.38. The van der Waals surface area contributed by atoms with Crippen LogP contribution in [0.4, 0.5) is 0 Å². The van der Waals surface area contributed by atoms with Gasteiger partial charge in [-0.3, -0.25) is 4.79 Å². The predicted molar refractivity (Wildman–Crippen MR) is 72.0 cm³/mol. The minimum Gasteiger partial charge on any atom is -0.486 e. The van der Waals surface area contributed by atoms with Gasteiger partial charge in [0.1, 0.15) is 19.0 Å². The second-order valence-corrected chi connectivity index (χ2v) is 4.38. The summed E-state index contributed by atoms with van der Waals surface area (Å²) in [4.78, 5) is 18.7. The van der Waals surface area contributed by atoms with E-state index in [1.165, 1.54) is 6.07 Å². The molecule has 1 N–H and O–H groups in total. The number of methoxy groups -OCH3 is 1. The molecular weight excluding hydrogens is 260 g/mol. The van der Waals surface area contributed by atoms with E-state index in [0.717, 1.165) is 5.56 Å². The molecule has 0 aliphatic carbocycles. The molecule has 2 heterocycles. The Hall–Kier alpha value is -2.34. The van der Waals surface area contributed by atoms with E-state index in [4.69, 9.17) is 14.2 Å². The highest BCUT2D eigenvalue weighted by molar-refractivity contribution is 5.61. The molecular formula is C14H14N2O4. The van der Waals surface area contributed by atoms with Gasteiger partial charge in [0.15, 0.2) is 11.5 Å². The molecule has 0 saturated carbocycles. The Morgan fingerprint density at radius 2 is 2.05 bits per heavy atom. The third-order valence-corrected chi connectivity index (χ3v) is 2.90. The Bertz CT molecular complexity index is 681. The van der Waals surface area contributed by atoms with Crippen LogP contribution in [0.3, 0.4) is 0 Å². The van der Waals surface area contributed by atoms with Gasteiger partial charge in [-0.05, 0) is 18.2 Å². The van der Waals surface area contributed by atoms with Crippen molar-refractivity contribution in [2.75, 3.05) is 20.3 Å². The lowest BCUT2D eigenvalue weighted by Gasteiger charge is -2.18. The van der Waals surface area contributed by atoms with Gasteiger partial charge in [-0.25, -0.2) is 4.98 Å². The lowest BCUT2D eigenvalue weighted by molar-refractivity contribution is 0.171. The Labute approximate surface area is 115 Å². The molecule has 0 unspecified atom stereocenters. The maximum Gasteiger partial charge on any atom is 0.251 e. The highest BCUT2D eigenvalue weighted by Crippen LogP contribution is 2.33. The van der Waals surface area contributed by atoms with Crippen molar-refractivity contribution in [3.05, 3.63) is 40.3 Å². The molecule has 1 aromatic heterocycles. The van der Waals surface area contributed by atoms with Gasteiger partial charge < -0.3 is 19.2 Å². The summed E-state index contributed by atoms with van der Waals surface area (Å²) in [6.45, 7) is 1.36. The van der Waals surface area contributed by atoms with Crippen LogP contribution in [0.5, 0.6) is 11.5 Å². The monoisotopic (exact) mass is 274 g/mol. The summed E-state index contributed by atoms with van der Waals surface area (Å²) in [6.07, 6.45) is 0. The van der Waals surface area contributed by atoms with Crippen LogP contribution >= 0.6 is 0 Å². The van der Waals surface area contributed by atoms with E-state index in [2.05, 4.69) is 9.97 Å². The van der Waals surface area contributed by atoms with Gasteiger partial charge in [-0.15, -0.1) is 0 Å². The maximum absolute atomic E-state index is 11.6. The molecule has 0 spiro atoms. The smallest absolute Gasteiger partial charge is 0.251 e. The maximum atomic E-state index is 11.6. The molecule has 0 bridgehead atoms. The van der Waals surface area contributed by atoms with E-state index >= 15 is 0 Å². The number of nitrogens with zero attached hydrogens (tertiary/aromatic N) is 1. The van der Waals surface area contributed by atoms with Crippen molar-refractivity contribution in [3.8, 4) is 22.9 Å². The summed E-state index contributed by atoms with van der Waals surface area (Å²) < 4.78 is 16.0. The van der Waals surface area contributed by atoms with Gasteiger partial charge in [0, 0.05) is 18.7 Å². The van der Waals surface area contributed by atoms with Crippen molar-refractivity contribution in [3.63, 3.8) is 0 Å². The highest BCUT2D eigenvalue weighted by Gasteiger charge is 2.13. The number of rotatable bonds is 3. The van der Waals surface area contributed by atoms with Gasteiger partial charge in [0.05, 0.1) is 12.3 Å². The Morgan fingerprint density at radius 3 is 2.85 bits per heavy atom. The number of hydrogen-bond donors (Lipinski definition) is 1. The van der Waals surface area contributed by atoms with Gasteiger partial charge in [0.25, 0.3) is 5.56 Å². The van der Waals surface area contributed by atoms with Crippen LogP contribution in [0.15, 0.2) is 29.1 Å². The summed E-state index contributed by atoms with van der Waals surface area (Å²) in [6, 6.07) is 6.88. The molecule has 0 saturated heterocycles. The van der Waals surface area contributed by atoms with Crippen LogP contribution in [0.25, 0.3) is 11.4 Å². The lowest BCUT2D eigenvalue weighted by atomic mass is 10.1. The molecule has 0 atom stereocenters. The van der Waals surface area contributed by atoms with Gasteiger partial charge in [0.2, 0.25) is 0 Å². The first-order chi connectivity index (χ1) is 9.76. The van der Waals surface area contributed by atoms with Crippen molar-refractivity contribution in [1.82, 2.24) is 9.97 Å². The van der Waals surface area contributed by atoms with E-state index in [0.29, 0.717) is 42.8 Å². The normalized spacial score (nSPS) is 13.2. The Kier molecular flexibility index (Phi) is 3.39. The Morgan fingerprint density at radius 1 is 1.25 bits per heavy atom. The first-order valence-corrected chi connectivity index (χ1v) is 6.25. The summed E-state index contributed by atoms with van der Waals surface area (Å²) in [7, 11) is 1.56. The third-order valence-electron chi connectivity index (χ3n) is 2.90. The van der Waals surface area contributed by atoms with Crippen LogP contribution in [0, 0.1) is 0 Å². The van der Waals surface area contributed by atoms with Crippen molar-refractivity contribution in [1.29, 1.82) is 0 Å². The quantitative estimate of drug-likeness (QED) is 0.914. The number of aromatic nitrogens is 2. The molecule has 0 fully saturated rings. The number of nitrogens with one attached hydrogen (secondary N) is 1. The molecule has 0 radical (unpaired) electrons. The lowest BCUT2D eigenvalue weighted by Crippen LogP contribution is -2.15. The molecule has 1 aliphatic rings. The zero-order chi connectivity index (χ0) is 13.9. The minimum absolute atomic E-state index is 0.211. The van der Waals surface area contributed by atoms with Gasteiger partial charge in [-0.2, -0.15) is 0 Å². The molecule has 1 aliphatic heterocycles. The van der Waals surface area contributed by atoms with Crippen molar-refractivity contribution >= 4 is 0 Å².